The van der Waals surface area contributed by atoms with E-state index >= 15 is 0 Å². The first-order valence-corrected chi connectivity index (χ1v) is 6.59. The first-order chi connectivity index (χ1) is 9.74. The summed E-state index contributed by atoms with van der Waals surface area (Å²) in [4.78, 5) is 8.72. The highest BCUT2D eigenvalue weighted by atomic mass is 15.5. The summed E-state index contributed by atoms with van der Waals surface area (Å²) in [6, 6.07) is 8.19. The molecule has 0 aliphatic carbocycles. The zero-order valence-corrected chi connectivity index (χ0v) is 11.5. The van der Waals surface area contributed by atoms with Crippen molar-refractivity contribution in [3.63, 3.8) is 0 Å². The van der Waals surface area contributed by atoms with Gasteiger partial charge in [-0.15, -0.1) is 5.10 Å². The van der Waals surface area contributed by atoms with E-state index in [1.165, 1.54) is 0 Å². The maximum atomic E-state index is 4.36. The molecule has 0 spiro atoms. The third-order valence-electron chi connectivity index (χ3n) is 2.95. The molecule has 0 fully saturated rings. The molecule has 0 saturated carbocycles. The van der Waals surface area contributed by atoms with Crippen molar-refractivity contribution in [3.8, 4) is 5.95 Å². The summed E-state index contributed by atoms with van der Waals surface area (Å²) < 4.78 is 1.65. The molecule has 6 heteroatoms. The van der Waals surface area contributed by atoms with Gasteiger partial charge in [0, 0.05) is 30.5 Å². The van der Waals surface area contributed by atoms with Gasteiger partial charge >= 0.3 is 0 Å². The number of fused-ring (bicyclic) bond motifs is 1. The molecule has 0 saturated heterocycles. The van der Waals surface area contributed by atoms with Gasteiger partial charge in [0.15, 0.2) is 0 Å². The maximum Gasteiger partial charge on any atom is 0.252 e. The Morgan fingerprint density at radius 2 is 1.90 bits per heavy atom. The van der Waals surface area contributed by atoms with Crippen LogP contribution < -0.4 is 5.32 Å². The van der Waals surface area contributed by atoms with E-state index < -0.39 is 0 Å². The zero-order valence-electron chi connectivity index (χ0n) is 11.5. The molecular formula is C14H16N6. The van der Waals surface area contributed by atoms with Crippen LogP contribution in [0.5, 0.6) is 0 Å². The lowest BCUT2D eigenvalue weighted by Gasteiger charge is -2.07. The highest BCUT2D eigenvalue weighted by molar-refractivity contribution is 5.75. The van der Waals surface area contributed by atoms with E-state index in [2.05, 4.69) is 39.4 Å². The fourth-order valence-corrected chi connectivity index (χ4v) is 1.89. The molecule has 102 valence electrons. The van der Waals surface area contributed by atoms with Gasteiger partial charge in [0.1, 0.15) is 5.52 Å². The highest BCUT2D eigenvalue weighted by Crippen LogP contribution is 2.12. The van der Waals surface area contributed by atoms with Crippen LogP contribution in [-0.2, 0) is 6.54 Å². The van der Waals surface area contributed by atoms with Crippen molar-refractivity contribution in [2.75, 3.05) is 0 Å². The molecule has 0 atom stereocenters. The molecule has 0 aliphatic heterocycles. The van der Waals surface area contributed by atoms with Gasteiger partial charge in [-0.05, 0) is 12.1 Å². The molecule has 0 bridgehead atoms. The third-order valence-corrected chi connectivity index (χ3v) is 2.95. The molecule has 0 amide bonds. The number of aromatic nitrogens is 5. The standard InChI is InChI=1S/C14H16N6/c1-10(2)15-7-11-8-16-14(17-9-11)20-13-6-4-3-5-12(13)18-19-20/h3-6,8-10,15H,7H2,1-2H3. The minimum Gasteiger partial charge on any atom is -0.310 e. The fourth-order valence-electron chi connectivity index (χ4n) is 1.89. The number of benzene rings is 1. The zero-order chi connectivity index (χ0) is 13.9. The van der Waals surface area contributed by atoms with E-state index in [9.17, 15) is 0 Å². The number of hydrogen-bond acceptors (Lipinski definition) is 5. The smallest absolute Gasteiger partial charge is 0.252 e. The Morgan fingerprint density at radius 1 is 1.15 bits per heavy atom. The van der Waals surface area contributed by atoms with Crippen molar-refractivity contribution < 1.29 is 0 Å². The quantitative estimate of drug-likeness (QED) is 0.780. The van der Waals surface area contributed by atoms with Crippen LogP contribution in [0.15, 0.2) is 36.7 Å². The molecule has 20 heavy (non-hydrogen) atoms. The molecule has 3 aromatic rings. The van der Waals surface area contributed by atoms with Crippen molar-refractivity contribution in [1.82, 2.24) is 30.3 Å². The van der Waals surface area contributed by atoms with E-state index in [1.807, 2.05) is 36.7 Å². The Kier molecular flexibility index (Phi) is 3.39. The largest absolute Gasteiger partial charge is 0.310 e. The summed E-state index contributed by atoms with van der Waals surface area (Å²) in [6.07, 6.45) is 3.63. The lowest BCUT2D eigenvalue weighted by atomic mass is 10.3. The van der Waals surface area contributed by atoms with Crippen molar-refractivity contribution in [2.24, 2.45) is 0 Å². The number of hydrogen-bond donors (Lipinski definition) is 1. The molecule has 6 nitrogen and oxygen atoms in total. The first-order valence-electron chi connectivity index (χ1n) is 6.59. The number of nitrogens with zero attached hydrogens (tertiary/aromatic N) is 5. The summed E-state index contributed by atoms with van der Waals surface area (Å²) in [5, 5.41) is 11.5. The first kappa shape index (κ1) is 12.7. The Bertz CT molecular complexity index is 701. The van der Waals surface area contributed by atoms with Crippen LogP contribution >= 0.6 is 0 Å². The predicted molar refractivity (Wildman–Crippen MR) is 76.4 cm³/mol. The van der Waals surface area contributed by atoms with Gasteiger partial charge in [-0.25, -0.2) is 9.97 Å². The van der Waals surface area contributed by atoms with Crippen LogP contribution in [0.2, 0.25) is 0 Å². The van der Waals surface area contributed by atoms with Crippen molar-refractivity contribution >= 4 is 11.0 Å². The van der Waals surface area contributed by atoms with Crippen LogP contribution in [0.25, 0.3) is 17.0 Å². The second-order valence-corrected chi connectivity index (χ2v) is 4.92. The van der Waals surface area contributed by atoms with Gasteiger partial charge in [0.2, 0.25) is 0 Å². The van der Waals surface area contributed by atoms with E-state index in [0.29, 0.717) is 12.0 Å². The molecule has 2 aromatic heterocycles. The summed E-state index contributed by atoms with van der Waals surface area (Å²) >= 11 is 0. The average Bonchev–Trinajstić information content (AvgIpc) is 2.89. The molecule has 1 aromatic carbocycles. The van der Waals surface area contributed by atoms with E-state index in [-0.39, 0.29) is 0 Å². The summed E-state index contributed by atoms with van der Waals surface area (Å²) in [5.74, 6) is 0.534. The van der Waals surface area contributed by atoms with Gasteiger partial charge in [0.25, 0.3) is 5.95 Å². The Labute approximate surface area is 116 Å². The van der Waals surface area contributed by atoms with Crippen LogP contribution in [-0.4, -0.2) is 31.0 Å². The minimum absolute atomic E-state index is 0.439. The average molecular weight is 268 g/mol. The Hall–Kier alpha value is -2.34. The minimum atomic E-state index is 0.439. The monoisotopic (exact) mass is 268 g/mol. The van der Waals surface area contributed by atoms with Crippen molar-refractivity contribution in [1.29, 1.82) is 0 Å². The maximum absolute atomic E-state index is 4.36. The SMILES string of the molecule is CC(C)NCc1cnc(-n2nnc3ccccc32)nc1. The van der Waals surface area contributed by atoms with Crippen molar-refractivity contribution in [3.05, 3.63) is 42.2 Å². The van der Waals surface area contributed by atoms with E-state index in [1.54, 1.807) is 4.68 Å². The second kappa shape index (κ2) is 5.34. The van der Waals surface area contributed by atoms with Crippen LogP contribution in [0.3, 0.4) is 0 Å². The molecule has 0 aliphatic rings. The fraction of sp³-hybridized carbons (Fsp3) is 0.286. The lowest BCUT2D eigenvalue weighted by molar-refractivity contribution is 0.586. The summed E-state index contributed by atoms with van der Waals surface area (Å²) in [5.41, 5.74) is 2.79. The Balaban J connectivity index is 1.87. The normalized spacial score (nSPS) is 11.3. The molecule has 2 heterocycles. The number of rotatable bonds is 4. The lowest BCUT2D eigenvalue weighted by Crippen LogP contribution is -2.22. The predicted octanol–water partition coefficient (Wildman–Crippen LogP) is 1.71. The highest BCUT2D eigenvalue weighted by Gasteiger charge is 2.08. The molecular weight excluding hydrogens is 252 g/mol. The van der Waals surface area contributed by atoms with Gasteiger partial charge in [0.05, 0.1) is 5.52 Å². The van der Waals surface area contributed by atoms with Gasteiger partial charge in [-0.1, -0.05) is 31.2 Å². The van der Waals surface area contributed by atoms with Gasteiger partial charge < -0.3 is 5.32 Å². The number of nitrogens with one attached hydrogen (secondary N) is 1. The second-order valence-electron chi connectivity index (χ2n) is 4.92. The van der Waals surface area contributed by atoms with Crippen molar-refractivity contribution in [2.45, 2.75) is 26.4 Å². The van der Waals surface area contributed by atoms with Crippen LogP contribution in [0.1, 0.15) is 19.4 Å². The van der Waals surface area contributed by atoms with E-state index in [4.69, 9.17) is 0 Å². The van der Waals surface area contributed by atoms with Gasteiger partial charge in [-0.3, -0.25) is 0 Å². The molecule has 0 unspecified atom stereocenters. The van der Waals surface area contributed by atoms with Gasteiger partial charge in [-0.2, -0.15) is 4.68 Å². The third kappa shape index (κ3) is 2.50. The van der Waals surface area contributed by atoms with Crippen LogP contribution in [0, 0.1) is 0 Å². The summed E-state index contributed by atoms with van der Waals surface area (Å²) in [6.45, 7) is 4.98. The molecule has 0 radical (unpaired) electrons. The Morgan fingerprint density at radius 3 is 2.65 bits per heavy atom. The van der Waals surface area contributed by atoms with E-state index in [0.717, 1.165) is 23.1 Å². The molecule has 1 N–H and O–H groups in total. The van der Waals surface area contributed by atoms with Crippen LogP contribution in [0.4, 0.5) is 0 Å². The topological polar surface area (TPSA) is 68.5 Å². The number of para-hydroxylation sites is 1. The molecule has 3 rings (SSSR count). The summed E-state index contributed by atoms with van der Waals surface area (Å²) in [7, 11) is 0.